The number of anilines is 1. The standard InChI is InChI=1S/C18H24N4O2/c1-24-17-7-5-15(6-8-17)20-16-4-2-11-21(14-16)18(23)9-13-22-12-3-10-19-22/h3,5-8,10,12,16,20H,2,4,9,11,13-14H2,1H3/t16-/m0/s1. The van der Waals surface area contributed by atoms with Crippen LogP contribution in [0.5, 0.6) is 5.75 Å². The smallest absolute Gasteiger partial charge is 0.224 e. The molecule has 0 aliphatic carbocycles. The van der Waals surface area contributed by atoms with Crippen LogP contribution in [0.25, 0.3) is 0 Å². The van der Waals surface area contributed by atoms with E-state index < -0.39 is 0 Å². The van der Waals surface area contributed by atoms with E-state index in [9.17, 15) is 4.79 Å². The topological polar surface area (TPSA) is 59.4 Å². The second kappa shape index (κ2) is 7.86. The van der Waals surface area contributed by atoms with E-state index in [-0.39, 0.29) is 5.91 Å². The number of aryl methyl sites for hydroxylation is 1. The second-order valence-electron chi connectivity index (χ2n) is 6.07. The van der Waals surface area contributed by atoms with Gasteiger partial charge in [-0.25, -0.2) is 0 Å². The Hall–Kier alpha value is -2.50. The predicted molar refractivity (Wildman–Crippen MR) is 93.1 cm³/mol. The van der Waals surface area contributed by atoms with Crippen LogP contribution < -0.4 is 10.1 Å². The van der Waals surface area contributed by atoms with Crippen molar-refractivity contribution < 1.29 is 9.53 Å². The van der Waals surface area contributed by atoms with Gasteiger partial charge in [0.1, 0.15) is 5.75 Å². The Kier molecular flexibility index (Phi) is 5.36. The molecule has 0 bridgehead atoms. The van der Waals surface area contributed by atoms with Crippen molar-refractivity contribution in [3.63, 3.8) is 0 Å². The number of carbonyl (C=O) groups is 1. The number of methoxy groups -OCH3 is 1. The van der Waals surface area contributed by atoms with Crippen LogP contribution in [0.3, 0.4) is 0 Å². The molecule has 1 aliphatic heterocycles. The van der Waals surface area contributed by atoms with Crippen LogP contribution in [0.1, 0.15) is 19.3 Å². The number of hydrogen-bond acceptors (Lipinski definition) is 4. The Morgan fingerprint density at radius 2 is 2.21 bits per heavy atom. The van der Waals surface area contributed by atoms with E-state index in [2.05, 4.69) is 10.4 Å². The van der Waals surface area contributed by atoms with Crippen molar-refractivity contribution >= 4 is 11.6 Å². The third-order valence-electron chi connectivity index (χ3n) is 4.35. The molecule has 24 heavy (non-hydrogen) atoms. The minimum Gasteiger partial charge on any atom is -0.497 e. The van der Waals surface area contributed by atoms with Crippen molar-refractivity contribution in [1.29, 1.82) is 0 Å². The Balaban J connectivity index is 1.50. The maximum atomic E-state index is 12.4. The van der Waals surface area contributed by atoms with Gasteiger partial charge in [-0.05, 0) is 43.2 Å². The minimum absolute atomic E-state index is 0.201. The molecule has 2 aromatic rings. The summed E-state index contributed by atoms with van der Waals surface area (Å²) in [5, 5.41) is 7.66. The van der Waals surface area contributed by atoms with Gasteiger partial charge in [-0.3, -0.25) is 9.48 Å². The zero-order valence-electron chi connectivity index (χ0n) is 14.0. The van der Waals surface area contributed by atoms with Crippen LogP contribution in [-0.4, -0.2) is 46.8 Å². The van der Waals surface area contributed by atoms with Gasteiger partial charge in [-0.1, -0.05) is 0 Å². The minimum atomic E-state index is 0.201. The molecule has 6 nitrogen and oxygen atoms in total. The fourth-order valence-electron chi connectivity index (χ4n) is 3.05. The summed E-state index contributed by atoms with van der Waals surface area (Å²) in [5.41, 5.74) is 1.06. The molecule has 0 unspecified atom stereocenters. The number of ether oxygens (including phenoxy) is 1. The Bertz CT molecular complexity index is 640. The fourth-order valence-corrected chi connectivity index (χ4v) is 3.05. The lowest BCUT2D eigenvalue weighted by molar-refractivity contribution is -0.132. The average molecular weight is 328 g/mol. The van der Waals surface area contributed by atoms with Crippen LogP contribution in [0.4, 0.5) is 5.69 Å². The fraction of sp³-hybridized carbons (Fsp3) is 0.444. The van der Waals surface area contributed by atoms with Gasteiger partial charge in [0.2, 0.25) is 5.91 Å². The van der Waals surface area contributed by atoms with Crippen molar-refractivity contribution in [3.05, 3.63) is 42.7 Å². The van der Waals surface area contributed by atoms with E-state index in [1.165, 1.54) is 0 Å². The number of aromatic nitrogens is 2. The summed E-state index contributed by atoms with van der Waals surface area (Å²) in [6, 6.07) is 10.1. The molecule has 3 rings (SSSR count). The number of nitrogens with one attached hydrogen (secondary N) is 1. The van der Waals surface area contributed by atoms with Gasteiger partial charge in [-0.15, -0.1) is 0 Å². The first-order chi connectivity index (χ1) is 11.7. The van der Waals surface area contributed by atoms with Crippen LogP contribution >= 0.6 is 0 Å². The van der Waals surface area contributed by atoms with Gasteiger partial charge in [0.05, 0.1) is 7.11 Å². The Labute approximate surface area is 142 Å². The van der Waals surface area contributed by atoms with E-state index >= 15 is 0 Å². The molecule has 6 heteroatoms. The SMILES string of the molecule is COc1ccc(N[C@H]2CCCN(C(=O)CCn3cccn3)C2)cc1. The van der Waals surface area contributed by atoms with Crippen molar-refractivity contribution in [2.24, 2.45) is 0 Å². The van der Waals surface area contributed by atoms with Gasteiger partial charge in [-0.2, -0.15) is 5.10 Å². The molecule has 1 atom stereocenters. The normalized spacial score (nSPS) is 17.5. The van der Waals surface area contributed by atoms with E-state index in [4.69, 9.17) is 4.74 Å². The third kappa shape index (κ3) is 4.28. The summed E-state index contributed by atoms with van der Waals surface area (Å²) in [6.45, 7) is 2.24. The van der Waals surface area contributed by atoms with Gasteiger partial charge < -0.3 is 15.0 Å². The molecule has 1 amide bonds. The van der Waals surface area contributed by atoms with E-state index in [1.54, 1.807) is 18.0 Å². The summed E-state index contributed by atoms with van der Waals surface area (Å²) in [6.07, 6.45) is 6.23. The molecule has 1 N–H and O–H groups in total. The first-order valence-electron chi connectivity index (χ1n) is 8.40. The van der Waals surface area contributed by atoms with Crippen LogP contribution in [0.15, 0.2) is 42.7 Å². The lowest BCUT2D eigenvalue weighted by Gasteiger charge is -2.33. The van der Waals surface area contributed by atoms with Crippen LogP contribution in [0, 0.1) is 0 Å². The van der Waals surface area contributed by atoms with Gasteiger partial charge in [0.25, 0.3) is 0 Å². The number of carbonyl (C=O) groups excluding carboxylic acids is 1. The maximum absolute atomic E-state index is 12.4. The summed E-state index contributed by atoms with van der Waals surface area (Å²) >= 11 is 0. The molecular weight excluding hydrogens is 304 g/mol. The lowest BCUT2D eigenvalue weighted by atomic mass is 10.0. The largest absolute Gasteiger partial charge is 0.497 e. The number of hydrogen-bond donors (Lipinski definition) is 1. The summed E-state index contributed by atoms with van der Waals surface area (Å²) in [5.74, 6) is 1.05. The molecule has 1 aliphatic rings. The highest BCUT2D eigenvalue weighted by atomic mass is 16.5. The van der Waals surface area contributed by atoms with Crippen LogP contribution in [0.2, 0.25) is 0 Å². The molecule has 128 valence electrons. The summed E-state index contributed by atoms with van der Waals surface area (Å²) < 4.78 is 6.98. The maximum Gasteiger partial charge on any atom is 0.224 e. The average Bonchev–Trinajstić information content (AvgIpc) is 3.14. The second-order valence-corrected chi connectivity index (χ2v) is 6.07. The highest BCUT2D eigenvalue weighted by Crippen LogP contribution is 2.19. The van der Waals surface area contributed by atoms with E-state index in [0.717, 1.165) is 37.4 Å². The first-order valence-corrected chi connectivity index (χ1v) is 8.40. The van der Waals surface area contributed by atoms with E-state index in [0.29, 0.717) is 19.0 Å². The first kappa shape index (κ1) is 16.4. The highest BCUT2D eigenvalue weighted by molar-refractivity contribution is 5.76. The quantitative estimate of drug-likeness (QED) is 0.884. The molecule has 0 spiro atoms. The third-order valence-corrected chi connectivity index (χ3v) is 4.35. The summed E-state index contributed by atoms with van der Waals surface area (Å²) in [4.78, 5) is 14.4. The van der Waals surface area contributed by atoms with E-state index in [1.807, 2.05) is 41.4 Å². The van der Waals surface area contributed by atoms with Crippen LogP contribution in [-0.2, 0) is 11.3 Å². The van der Waals surface area contributed by atoms with Crippen molar-refractivity contribution in [3.8, 4) is 5.75 Å². The molecule has 0 radical (unpaired) electrons. The summed E-state index contributed by atoms with van der Waals surface area (Å²) in [7, 11) is 1.66. The molecule has 1 aromatic carbocycles. The van der Waals surface area contributed by atoms with Crippen molar-refractivity contribution in [1.82, 2.24) is 14.7 Å². The molecule has 1 fully saturated rings. The monoisotopic (exact) mass is 328 g/mol. The number of amides is 1. The Morgan fingerprint density at radius 3 is 2.92 bits per heavy atom. The zero-order chi connectivity index (χ0) is 16.8. The highest BCUT2D eigenvalue weighted by Gasteiger charge is 2.23. The number of benzene rings is 1. The lowest BCUT2D eigenvalue weighted by Crippen LogP contribution is -2.45. The van der Waals surface area contributed by atoms with Crippen molar-refractivity contribution in [2.75, 3.05) is 25.5 Å². The van der Waals surface area contributed by atoms with Crippen molar-refractivity contribution in [2.45, 2.75) is 31.8 Å². The molecule has 0 saturated carbocycles. The molecule has 2 heterocycles. The Morgan fingerprint density at radius 1 is 1.38 bits per heavy atom. The van der Waals surface area contributed by atoms with Gasteiger partial charge in [0, 0.05) is 50.2 Å². The number of likely N-dealkylation sites (tertiary alicyclic amines) is 1. The number of rotatable bonds is 6. The number of nitrogens with zero attached hydrogens (tertiary/aromatic N) is 3. The molecule has 1 aromatic heterocycles. The van der Waals surface area contributed by atoms with Gasteiger partial charge in [0.15, 0.2) is 0 Å². The molecule has 1 saturated heterocycles. The zero-order valence-corrected chi connectivity index (χ0v) is 14.0. The van der Waals surface area contributed by atoms with Gasteiger partial charge >= 0.3 is 0 Å². The number of piperidine rings is 1. The predicted octanol–water partition coefficient (Wildman–Crippen LogP) is 2.38. The molecular formula is C18H24N4O2.